The Morgan fingerprint density at radius 3 is 2.57 bits per heavy atom. The van der Waals surface area contributed by atoms with Crippen molar-refractivity contribution in [2.75, 3.05) is 0 Å². The lowest BCUT2D eigenvalue weighted by Crippen LogP contribution is -2.21. The van der Waals surface area contributed by atoms with Gasteiger partial charge in [0.05, 0.1) is 23.2 Å². The average molecular weight is 413 g/mol. The molecule has 2 heterocycles. The fourth-order valence-electron chi connectivity index (χ4n) is 3.67. The fraction of sp³-hybridized carbons (Fsp3) is 0.0435. The molecule has 5 aromatic rings. The molecule has 0 N–H and O–H groups in total. The maximum atomic E-state index is 13.3. The van der Waals surface area contributed by atoms with Crippen molar-refractivity contribution in [1.29, 1.82) is 0 Å². The Morgan fingerprint density at radius 2 is 1.77 bits per heavy atom. The summed E-state index contributed by atoms with van der Waals surface area (Å²) in [6.07, 6.45) is 1.59. The normalized spacial score (nSPS) is 11.2. The molecule has 30 heavy (non-hydrogen) atoms. The van der Waals surface area contributed by atoms with Crippen molar-refractivity contribution >= 4 is 38.0 Å². The molecular weight excluding hydrogens is 398 g/mol. The summed E-state index contributed by atoms with van der Waals surface area (Å²) in [6.45, 7) is 0.415. The van der Waals surface area contributed by atoms with Crippen LogP contribution in [0.1, 0.15) is 5.56 Å². The highest BCUT2D eigenvalue weighted by molar-refractivity contribution is 7.17. The van der Waals surface area contributed by atoms with E-state index >= 15 is 0 Å². The summed E-state index contributed by atoms with van der Waals surface area (Å²) in [6, 6.07) is 20.4. The third-order valence-electron chi connectivity index (χ3n) is 5.17. The van der Waals surface area contributed by atoms with Crippen LogP contribution in [0.3, 0.4) is 0 Å². The van der Waals surface area contributed by atoms with E-state index < -0.39 is 4.92 Å². The van der Waals surface area contributed by atoms with E-state index in [1.165, 1.54) is 23.5 Å². The predicted octanol–water partition coefficient (Wildman–Crippen LogP) is 5.23. The number of benzene rings is 3. The summed E-state index contributed by atoms with van der Waals surface area (Å²) < 4.78 is 1.62. The third kappa shape index (κ3) is 3.05. The fourth-order valence-corrected chi connectivity index (χ4v) is 4.58. The molecule has 0 bridgehead atoms. The van der Waals surface area contributed by atoms with E-state index in [0.717, 1.165) is 27.5 Å². The zero-order valence-corrected chi connectivity index (χ0v) is 16.5. The Bertz CT molecular complexity index is 1460. The van der Waals surface area contributed by atoms with Crippen LogP contribution in [0.2, 0.25) is 0 Å². The van der Waals surface area contributed by atoms with Gasteiger partial charge in [-0.05, 0) is 34.0 Å². The molecular formula is C23H15N3O3S. The molecule has 7 heteroatoms. The van der Waals surface area contributed by atoms with Crippen LogP contribution in [0.25, 0.3) is 32.1 Å². The second kappa shape index (κ2) is 7.20. The summed E-state index contributed by atoms with van der Waals surface area (Å²) in [5.74, 6) is 0. The SMILES string of the molecule is O=c1c2c(-c3ccc([N+](=O)[O-])cc3)csc2ncn1Cc1cccc2ccccc12. The van der Waals surface area contributed by atoms with Crippen molar-refractivity contribution in [3.05, 3.63) is 104 Å². The molecule has 5 rings (SSSR count). The molecule has 146 valence electrons. The van der Waals surface area contributed by atoms with Crippen molar-refractivity contribution in [3.8, 4) is 11.1 Å². The maximum Gasteiger partial charge on any atom is 0.269 e. The van der Waals surface area contributed by atoms with Crippen LogP contribution in [-0.2, 0) is 6.54 Å². The highest BCUT2D eigenvalue weighted by Gasteiger charge is 2.15. The number of rotatable bonds is 4. The Labute approximate surface area is 174 Å². The summed E-state index contributed by atoms with van der Waals surface area (Å²) in [4.78, 5) is 28.9. The van der Waals surface area contributed by atoms with E-state index in [9.17, 15) is 14.9 Å². The van der Waals surface area contributed by atoms with Crippen LogP contribution in [0.4, 0.5) is 5.69 Å². The Kier molecular flexibility index (Phi) is 4.37. The molecule has 0 spiro atoms. The topological polar surface area (TPSA) is 78.0 Å². The van der Waals surface area contributed by atoms with Crippen LogP contribution in [0.15, 0.2) is 83.2 Å². The predicted molar refractivity (Wildman–Crippen MR) is 119 cm³/mol. The van der Waals surface area contributed by atoms with Crippen molar-refractivity contribution in [1.82, 2.24) is 9.55 Å². The second-order valence-corrected chi connectivity index (χ2v) is 7.81. The van der Waals surface area contributed by atoms with Gasteiger partial charge in [-0.25, -0.2) is 4.98 Å². The van der Waals surface area contributed by atoms with E-state index in [2.05, 4.69) is 23.2 Å². The molecule has 0 aliphatic carbocycles. The number of non-ortho nitro benzene ring substituents is 1. The smallest absolute Gasteiger partial charge is 0.269 e. The van der Waals surface area contributed by atoms with Gasteiger partial charge in [-0.1, -0.05) is 42.5 Å². The number of hydrogen-bond donors (Lipinski definition) is 0. The number of nitro groups is 1. The minimum atomic E-state index is -0.436. The lowest BCUT2D eigenvalue weighted by Gasteiger charge is -2.09. The number of nitrogens with zero attached hydrogens (tertiary/aromatic N) is 3. The van der Waals surface area contributed by atoms with E-state index in [-0.39, 0.29) is 11.2 Å². The number of nitro benzene ring substituents is 1. The lowest BCUT2D eigenvalue weighted by atomic mass is 10.0. The number of hydrogen-bond acceptors (Lipinski definition) is 5. The van der Waals surface area contributed by atoms with Crippen molar-refractivity contribution in [3.63, 3.8) is 0 Å². The summed E-state index contributed by atoms with van der Waals surface area (Å²) >= 11 is 1.39. The van der Waals surface area contributed by atoms with Crippen molar-refractivity contribution in [2.45, 2.75) is 6.54 Å². The van der Waals surface area contributed by atoms with E-state index in [1.54, 1.807) is 23.0 Å². The summed E-state index contributed by atoms with van der Waals surface area (Å²) in [7, 11) is 0. The number of aromatic nitrogens is 2. The first-order chi connectivity index (χ1) is 14.6. The Hall–Kier alpha value is -3.84. The van der Waals surface area contributed by atoms with Crippen molar-refractivity contribution in [2.24, 2.45) is 0 Å². The highest BCUT2D eigenvalue weighted by Crippen LogP contribution is 2.31. The van der Waals surface area contributed by atoms with Crippen LogP contribution in [0, 0.1) is 10.1 Å². The van der Waals surface area contributed by atoms with Gasteiger partial charge in [0.2, 0.25) is 0 Å². The number of thiophene rings is 1. The molecule has 0 fully saturated rings. The highest BCUT2D eigenvalue weighted by atomic mass is 32.1. The molecule has 3 aromatic carbocycles. The van der Waals surface area contributed by atoms with E-state index in [0.29, 0.717) is 16.8 Å². The standard InChI is InChI=1S/C23H15N3O3S/c27-23-21-20(16-8-10-18(11-9-16)26(28)29)13-30-22(21)24-14-25(23)12-17-6-3-5-15-4-1-2-7-19(15)17/h1-11,13-14H,12H2. The molecule has 0 amide bonds. The van der Waals surface area contributed by atoms with E-state index in [1.807, 2.05) is 29.6 Å². The lowest BCUT2D eigenvalue weighted by molar-refractivity contribution is -0.384. The molecule has 0 aliphatic heterocycles. The second-order valence-electron chi connectivity index (χ2n) is 6.95. The Morgan fingerprint density at radius 1 is 1.00 bits per heavy atom. The van der Waals surface area contributed by atoms with Gasteiger partial charge in [-0.2, -0.15) is 0 Å². The van der Waals surface area contributed by atoms with Crippen LogP contribution in [0.5, 0.6) is 0 Å². The van der Waals surface area contributed by atoms with Gasteiger partial charge >= 0.3 is 0 Å². The van der Waals surface area contributed by atoms with Crippen LogP contribution >= 0.6 is 11.3 Å². The summed E-state index contributed by atoms with van der Waals surface area (Å²) in [5, 5.41) is 15.6. The molecule has 0 atom stereocenters. The minimum Gasteiger partial charge on any atom is -0.294 e. The summed E-state index contributed by atoms with van der Waals surface area (Å²) in [5.41, 5.74) is 2.44. The molecule has 0 aliphatic rings. The first-order valence-electron chi connectivity index (χ1n) is 9.30. The van der Waals surface area contributed by atoms with Gasteiger partial charge in [0.1, 0.15) is 4.83 Å². The van der Waals surface area contributed by atoms with Gasteiger partial charge in [-0.15, -0.1) is 11.3 Å². The van der Waals surface area contributed by atoms with Crippen LogP contribution < -0.4 is 5.56 Å². The quantitative estimate of drug-likeness (QED) is 0.298. The average Bonchev–Trinajstić information content (AvgIpc) is 3.21. The monoisotopic (exact) mass is 413 g/mol. The molecule has 2 aromatic heterocycles. The van der Waals surface area contributed by atoms with Crippen molar-refractivity contribution < 1.29 is 4.92 Å². The molecule has 0 saturated heterocycles. The Balaban J connectivity index is 1.61. The zero-order chi connectivity index (χ0) is 20.7. The largest absolute Gasteiger partial charge is 0.294 e. The molecule has 0 radical (unpaired) electrons. The van der Waals surface area contributed by atoms with E-state index in [4.69, 9.17) is 0 Å². The molecule has 0 unspecified atom stereocenters. The van der Waals surface area contributed by atoms with Gasteiger partial charge in [-0.3, -0.25) is 19.5 Å². The first kappa shape index (κ1) is 18.2. The van der Waals surface area contributed by atoms with Gasteiger partial charge in [0.15, 0.2) is 0 Å². The maximum absolute atomic E-state index is 13.3. The molecule has 6 nitrogen and oxygen atoms in total. The third-order valence-corrected chi connectivity index (χ3v) is 6.06. The zero-order valence-electron chi connectivity index (χ0n) is 15.7. The van der Waals surface area contributed by atoms with Crippen LogP contribution in [-0.4, -0.2) is 14.5 Å². The number of fused-ring (bicyclic) bond motifs is 2. The van der Waals surface area contributed by atoms with Gasteiger partial charge in [0.25, 0.3) is 11.2 Å². The van der Waals surface area contributed by atoms with Gasteiger partial charge in [0, 0.05) is 23.1 Å². The minimum absolute atomic E-state index is 0.0183. The first-order valence-corrected chi connectivity index (χ1v) is 10.2. The molecule has 0 saturated carbocycles. The van der Waals surface area contributed by atoms with Gasteiger partial charge < -0.3 is 0 Å².